The average Bonchev–Trinajstić information content (AvgIpc) is 2.92. The third kappa shape index (κ3) is 3.89. The van der Waals surface area contributed by atoms with Crippen LogP contribution in [0.5, 0.6) is 0 Å². The molecule has 0 aliphatic rings. The van der Waals surface area contributed by atoms with Crippen LogP contribution in [0.3, 0.4) is 0 Å². The number of hydrogen-bond donors (Lipinski definition) is 2. The normalized spacial score (nSPS) is 10.0. The molecule has 1 heterocycles. The molecule has 0 aliphatic carbocycles. The second-order valence-corrected chi connectivity index (χ2v) is 5.17. The van der Waals surface area contributed by atoms with Gasteiger partial charge in [0.15, 0.2) is 5.13 Å². The van der Waals surface area contributed by atoms with E-state index in [4.69, 9.17) is 5.73 Å². The monoisotopic (exact) mass is 319 g/mol. The molecule has 114 valence electrons. The van der Waals surface area contributed by atoms with Gasteiger partial charge in [0.2, 0.25) is 5.91 Å². The van der Waals surface area contributed by atoms with Gasteiger partial charge in [0, 0.05) is 10.9 Å². The number of ether oxygens (including phenoxy) is 1. The van der Waals surface area contributed by atoms with E-state index < -0.39 is 11.9 Å². The summed E-state index contributed by atoms with van der Waals surface area (Å²) in [6.07, 6.45) is 0.0280. The van der Waals surface area contributed by atoms with Crippen molar-refractivity contribution in [3.05, 3.63) is 46.5 Å². The van der Waals surface area contributed by atoms with Crippen LogP contribution >= 0.6 is 11.3 Å². The molecular weight excluding hydrogens is 306 g/mol. The first-order valence-corrected chi connectivity index (χ1v) is 7.10. The molecule has 0 saturated heterocycles. The number of nitrogens with zero attached hydrogens (tertiary/aromatic N) is 1. The van der Waals surface area contributed by atoms with E-state index in [-0.39, 0.29) is 12.3 Å². The zero-order chi connectivity index (χ0) is 16.1. The van der Waals surface area contributed by atoms with Gasteiger partial charge in [-0.15, -0.1) is 11.3 Å². The lowest BCUT2D eigenvalue weighted by molar-refractivity contribution is -0.117. The van der Waals surface area contributed by atoms with Crippen molar-refractivity contribution in [2.75, 3.05) is 12.4 Å². The summed E-state index contributed by atoms with van der Waals surface area (Å²) in [5.74, 6) is -1.32. The standard InChI is InChI=1S/C14H13N3O4S/c1-21-13(20)9-4-2-8(3-5-9)12(19)17-14-16-10(7-22-14)6-11(15)18/h2-5,7H,6H2,1H3,(H2,15,18)(H,16,17,19). The Balaban J connectivity index is 2.04. The SMILES string of the molecule is COC(=O)c1ccc(C(=O)Nc2nc(CC(N)=O)cs2)cc1. The van der Waals surface area contributed by atoms with E-state index in [1.807, 2.05) is 0 Å². The van der Waals surface area contributed by atoms with Crippen LogP contribution in [0.2, 0.25) is 0 Å². The van der Waals surface area contributed by atoms with Crippen LogP contribution < -0.4 is 11.1 Å². The topological polar surface area (TPSA) is 111 Å². The van der Waals surface area contributed by atoms with E-state index in [2.05, 4.69) is 15.0 Å². The number of nitrogens with one attached hydrogen (secondary N) is 1. The van der Waals surface area contributed by atoms with Crippen molar-refractivity contribution in [1.82, 2.24) is 4.98 Å². The summed E-state index contributed by atoms with van der Waals surface area (Å²) in [5, 5.41) is 4.64. The maximum atomic E-state index is 12.0. The lowest BCUT2D eigenvalue weighted by atomic mass is 10.1. The number of carbonyl (C=O) groups is 3. The summed E-state index contributed by atoms with van der Waals surface area (Å²) < 4.78 is 4.58. The average molecular weight is 319 g/mol. The molecule has 3 N–H and O–H groups in total. The van der Waals surface area contributed by atoms with Gasteiger partial charge >= 0.3 is 5.97 Å². The van der Waals surface area contributed by atoms with Crippen molar-refractivity contribution in [3.8, 4) is 0 Å². The zero-order valence-electron chi connectivity index (χ0n) is 11.7. The highest BCUT2D eigenvalue weighted by atomic mass is 32.1. The number of amides is 2. The lowest BCUT2D eigenvalue weighted by Crippen LogP contribution is -2.14. The molecule has 22 heavy (non-hydrogen) atoms. The molecule has 0 radical (unpaired) electrons. The fourth-order valence-electron chi connectivity index (χ4n) is 1.67. The number of benzene rings is 1. The van der Waals surface area contributed by atoms with Gasteiger partial charge in [-0.05, 0) is 24.3 Å². The number of anilines is 1. The molecule has 0 atom stereocenters. The van der Waals surface area contributed by atoms with Gasteiger partial charge in [0.1, 0.15) is 0 Å². The number of rotatable bonds is 5. The summed E-state index contributed by atoms with van der Waals surface area (Å²) in [5.41, 5.74) is 6.32. The molecule has 8 heteroatoms. The van der Waals surface area contributed by atoms with Gasteiger partial charge in [-0.3, -0.25) is 14.9 Å². The molecule has 7 nitrogen and oxygen atoms in total. The van der Waals surface area contributed by atoms with E-state index >= 15 is 0 Å². The largest absolute Gasteiger partial charge is 0.465 e. The van der Waals surface area contributed by atoms with Crippen molar-refractivity contribution >= 4 is 34.3 Å². The summed E-state index contributed by atoms with van der Waals surface area (Å²) in [6, 6.07) is 6.03. The predicted molar refractivity (Wildman–Crippen MR) is 80.7 cm³/mol. The van der Waals surface area contributed by atoms with Gasteiger partial charge < -0.3 is 10.5 Å². The van der Waals surface area contributed by atoms with Gasteiger partial charge in [-0.2, -0.15) is 0 Å². The molecule has 0 aliphatic heterocycles. The minimum absolute atomic E-state index is 0.0280. The van der Waals surface area contributed by atoms with Gasteiger partial charge in [-0.1, -0.05) is 0 Å². The minimum Gasteiger partial charge on any atom is -0.465 e. The van der Waals surface area contributed by atoms with Crippen LogP contribution in [0.1, 0.15) is 26.4 Å². The molecule has 1 aromatic heterocycles. The number of aromatic nitrogens is 1. The van der Waals surface area contributed by atoms with Crippen LogP contribution in [0, 0.1) is 0 Å². The molecule has 2 rings (SSSR count). The second kappa shape index (κ2) is 6.81. The van der Waals surface area contributed by atoms with Gasteiger partial charge in [-0.25, -0.2) is 9.78 Å². The fourth-order valence-corrected chi connectivity index (χ4v) is 2.37. The fraction of sp³-hybridized carbons (Fsp3) is 0.143. The van der Waals surface area contributed by atoms with Gasteiger partial charge in [0.25, 0.3) is 5.91 Å². The number of methoxy groups -OCH3 is 1. The highest BCUT2D eigenvalue weighted by Gasteiger charge is 2.11. The van der Waals surface area contributed by atoms with Crippen LogP contribution in [0.4, 0.5) is 5.13 Å². The van der Waals surface area contributed by atoms with E-state index in [1.54, 1.807) is 5.38 Å². The van der Waals surface area contributed by atoms with E-state index in [9.17, 15) is 14.4 Å². The third-order valence-electron chi connectivity index (χ3n) is 2.70. The number of primary amides is 1. The molecule has 0 bridgehead atoms. The van der Waals surface area contributed by atoms with Crippen LogP contribution in [0.25, 0.3) is 0 Å². The first kappa shape index (κ1) is 15.6. The highest BCUT2D eigenvalue weighted by Crippen LogP contribution is 2.17. The highest BCUT2D eigenvalue weighted by molar-refractivity contribution is 7.14. The Morgan fingerprint density at radius 1 is 1.23 bits per heavy atom. The molecule has 2 aromatic rings. The van der Waals surface area contributed by atoms with E-state index in [0.29, 0.717) is 22.0 Å². The number of nitrogens with two attached hydrogens (primary N) is 1. The first-order chi connectivity index (χ1) is 10.5. The molecule has 0 saturated carbocycles. The maximum Gasteiger partial charge on any atom is 0.337 e. The Morgan fingerprint density at radius 3 is 2.45 bits per heavy atom. The Kier molecular flexibility index (Phi) is 4.84. The summed E-state index contributed by atoms with van der Waals surface area (Å²) in [7, 11) is 1.29. The van der Waals surface area contributed by atoms with Crippen molar-refractivity contribution in [1.29, 1.82) is 0 Å². The Labute approximate surface area is 130 Å². The van der Waals surface area contributed by atoms with Crippen molar-refractivity contribution in [3.63, 3.8) is 0 Å². The molecular formula is C14H13N3O4S. The van der Waals surface area contributed by atoms with Crippen molar-refractivity contribution in [2.24, 2.45) is 5.73 Å². The number of thiazole rings is 1. The smallest absolute Gasteiger partial charge is 0.337 e. The number of carbonyl (C=O) groups excluding carboxylic acids is 3. The zero-order valence-corrected chi connectivity index (χ0v) is 12.5. The van der Waals surface area contributed by atoms with Gasteiger partial charge in [0.05, 0.1) is 24.8 Å². The molecule has 0 spiro atoms. The van der Waals surface area contributed by atoms with E-state index in [1.165, 1.54) is 42.7 Å². The number of hydrogen-bond acceptors (Lipinski definition) is 6. The van der Waals surface area contributed by atoms with Crippen molar-refractivity contribution in [2.45, 2.75) is 6.42 Å². The minimum atomic E-state index is -0.485. The first-order valence-electron chi connectivity index (χ1n) is 6.22. The van der Waals surface area contributed by atoms with Crippen molar-refractivity contribution < 1.29 is 19.1 Å². The van der Waals surface area contributed by atoms with Crippen LogP contribution in [0.15, 0.2) is 29.6 Å². The molecule has 1 aromatic carbocycles. The Bertz CT molecular complexity index is 709. The molecule has 0 unspecified atom stereocenters. The maximum absolute atomic E-state index is 12.0. The summed E-state index contributed by atoms with van der Waals surface area (Å²) in [6.45, 7) is 0. The molecule has 2 amide bonds. The van der Waals surface area contributed by atoms with E-state index in [0.717, 1.165) is 0 Å². The Hall–Kier alpha value is -2.74. The Morgan fingerprint density at radius 2 is 1.86 bits per heavy atom. The quantitative estimate of drug-likeness (QED) is 0.805. The summed E-state index contributed by atoms with van der Waals surface area (Å²) in [4.78, 5) is 38.2. The van der Waals surface area contributed by atoms with Crippen LogP contribution in [-0.4, -0.2) is 29.9 Å². The third-order valence-corrected chi connectivity index (χ3v) is 3.50. The summed E-state index contributed by atoms with van der Waals surface area (Å²) >= 11 is 1.20. The second-order valence-electron chi connectivity index (χ2n) is 4.31. The predicted octanol–water partition coefficient (Wildman–Crippen LogP) is 1.21. The number of esters is 1. The molecule has 0 fully saturated rings. The van der Waals surface area contributed by atoms with Crippen LogP contribution in [-0.2, 0) is 16.0 Å². The lowest BCUT2D eigenvalue weighted by Gasteiger charge is -2.03.